The SMILES string of the molecule is c1ccc2c([Se]C([Se]c3cccc4ccccc34)[Se]c3cccc4ccccc34)cccc2c1. The fourth-order valence-electron chi connectivity index (χ4n) is 4.28. The van der Waals surface area contributed by atoms with E-state index >= 15 is 0 Å². The molecule has 6 aromatic rings. The molecule has 6 rings (SSSR count). The minimum absolute atomic E-state index is 0.398. The summed E-state index contributed by atoms with van der Waals surface area (Å²) in [5.74, 6) is 0. The zero-order chi connectivity index (χ0) is 22.7. The van der Waals surface area contributed by atoms with E-state index in [1.807, 2.05) is 0 Å². The van der Waals surface area contributed by atoms with Crippen LogP contribution in [0.1, 0.15) is 0 Å². The van der Waals surface area contributed by atoms with Crippen molar-refractivity contribution in [2.75, 3.05) is 0 Å². The van der Waals surface area contributed by atoms with Gasteiger partial charge in [0.1, 0.15) is 0 Å². The molecule has 0 radical (unpaired) electrons. The number of rotatable bonds is 6. The molecule has 34 heavy (non-hydrogen) atoms. The molecule has 164 valence electrons. The average Bonchev–Trinajstić information content (AvgIpc) is 2.89. The van der Waals surface area contributed by atoms with Gasteiger partial charge >= 0.3 is 221 Å². The van der Waals surface area contributed by atoms with Crippen molar-refractivity contribution in [2.45, 2.75) is 2.61 Å². The topological polar surface area (TPSA) is 0 Å². The maximum atomic E-state index is 2.37. The zero-order valence-electron chi connectivity index (χ0n) is 18.4. The van der Waals surface area contributed by atoms with Crippen molar-refractivity contribution in [3.8, 4) is 0 Å². The predicted molar refractivity (Wildman–Crippen MR) is 152 cm³/mol. The summed E-state index contributed by atoms with van der Waals surface area (Å²) in [6.45, 7) is 0. The van der Waals surface area contributed by atoms with Crippen molar-refractivity contribution in [1.82, 2.24) is 0 Å². The third-order valence-electron chi connectivity index (χ3n) is 5.92. The summed E-state index contributed by atoms with van der Waals surface area (Å²) < 4.78 is 5.31. The van der Waals surface area contributed by atoms with Gasteiger partial charge < -0.3 is 0 Å². The zero-order valence-corrected chi connectivity index (χ0v) is 23.6. The first-order valence-corrected chi connectivity index (χ1v) is 16.8. The summed E-state index contributed by atoms with van der Waals surface area (Å²) >= 11 is 1.19. The average molecular weight is 631 g/mol. The first kappa shape index (κ1) is 22.1. The number of hydrogen-bond acceptors (Lipinski definition) is 0. The van der Waals surface area contributed by atoms with E-state index in [4.69, 9.17) is 0 Å². The molecule has 0 aliphatic carbocycles. The molecular weight excluding hydrogens is 609 g/mol. The molecule has 0 spiro atoms. The molecule has 0 heterocycles. The van der Waals surface area contributed by atoms with Crippen molar-refractivity contribution >= 4 is 90.6 Å². The fourth-order valence-corrected chi connectivity index (χ4v) is 17.2. The van der Waals surface area contributed by atoms with Gasteiger partial charge in [-0.1, -0.05) is 0 Å². The van der Waals surface area contributed by atoms with Crippen LogP contribution in [0.15, 0.2) is 127 Å². The van der Waals surface area contributed by atoms with E-state index < -0.39 is 0 Å². The Balaban J connectivity index is 1.42. The molecule has 0 amide bonds. The van der Waals surface area contributed by atoms with Crippen LogP contribution in [0.25, 0.3) is 32.3 Å². The first-order valence-electron chi connectivity index (χ1n) is 11.3. The first-order chi connectivity index (χ1) is 16.8. The minimum atomic E-state index is 0.398. The van der Waals surface area contributed by atoms with Gasteiger partial charge in [0.2, 0.25) is 0 Å². The Hall–Kier alpha value is -2.34. The Morgan fingerprint density at radius 3 is 0.971 bits per heavy atom. The van der Waals surface area contributed by atoms with E-state index in [2.05, 4.69) is 127 Å². The second-order valence-electron chi connectivity index (χ2n) is 8.07. The summed E-state index contributed by atoms with van der Waals surface area (Å²) in [5, 5.41) is 8.36. The van der Waals surface area contributed by atoms with Gasteiger partial charge in [-0.3, -0.25) is 0 Å². The Morgan fingerprint density at radius 2 is 0.618 bits per heavy atom. The van der Waals surface area contributed by atoms with Crippen LogP contribution in [0, 0.1) is 0 Å². The maximum absolute atomic E-state index is 2.37. The van der Waals surface area contributed by atoms with E-state index in [1.165, 1.54) is 32.3 Å². The van der Waals surface area contributed by atoms with Crippen molar-refractivity contribution in [3.05, 3.63) is 127 Å². The molecule has 0 saturated heterocycles. The molecule has 0 bridgehead atoms. The van der Waals surface area contributed by atoms with E-state index in [0.29, 0.717) is 47.5 Å². The van der Waals surface area contributed by atoms with Crippen molar-refractivity contribution in [2.24, 2.45) is 0 Å². The Labute approximate surface area is 219 Å². The van der Waals surface area contributed by atoms with Crippen LogP contribution in [0.5, 0.6) is 0 Å². The van der Waals surface area contributed by atoms with Gasteiger partial charge in [0, 0.05) is 0 Å². The van der Waals surface area contributed by atoms with Crippen LogP contribution >= 0.6 is 0 Å². The van der Waals surface area contributed by atoms with Gasteiger partial charge in [0.05, 0.1) is 0 Å². The Bertz CT molecular complexity index is 1400. The Morgan fingerprint density at radius 1 is 0.324 bits per heavy atom. The monoisotopic (exact) mass is 634 g/mol. The normalized spacial score (nSPS) is 11.6. The molecule has 0 aromatic heterocycles. The van der Waals surface area contributed by atoms with Crippen LogP contribution in [0.4, 0.5) is 0 Å². The molecule has 0 unspecified atom stereocenters. The van der Waals surface area contributed by atoms with Crippen LogP contribution in [-0.4, -0.2) is 44.9 Å². The van der Waals surface area contributed by atoms with Crippen LogP contribution in [0.2, 0.25) is 2.61 Å². The van der Waals surface area contributed by atoms with E-state index in [0.717, 1.165) is 0 Å². The van der Waals surface area contributed by atoms with Crippen molar-refractivity contribution < 1.29 is 0 Å². The van der Waals surface area contributed by atoms with E-state index in [1.54, 1.807) is 13.4 Å². The summed E-state index contributed by atoms with van der Waals surface area (Å²) in [7, 11) is 0. The van der Waals surface area contributed by atoms with Crippen molar-refractivity contribution in [1.29, 1.82) is 0 Å². The van der Waals surface area contributed by atoms with Crippen LogP contribution < -0.4 is 13.4 Å². The molecule has 6 aromatic carbocycles. The summed E-state index contributed by atoms with van der Waals surface area (Å²) in [4.78, 5) is 0. The quantitative estimate of drug-likeness (QED) is 0.221. The fraction of sp³-hybridized carbons (Fsp3) is 0.0323. The Kier molecular flexibility index (Phi) is 6.58. The van der Waals surface area contributed by atoms with Gasteiger partial charge in [0.15, 0.2) is 0 Å². The van der Waals surface area contributed by atoms with Gasteiger partial charge in [-0.15, -0.1) is 0 Å². The summed E-state index contributed by atoms with van der Waals surface area (Å²) in [6.07, 6.45) is 0. The molecule has 0 fully saturated rings. The molecule has 0 atom stereocenters. The second-order valence-corrected chi connectivity index (χ2v) is 19.8. The molecule has 0 aliphatic heterocycles. The van der Waals surface area contributed by atoms with Crippen LogP contribution in [0.3, 0.4) is 0 Å². The van der Waals surface area contributed by atoms with E-state index in [-0.39, 0.29) is 0 Å². The van der Waals surface area contributed by atoms with Gasteiger partial charge in [0.25, 0.3) is 0 Å². The molecule has 0 saturated carbocycles. The molecule has 0 aliphatic rings. The number of benzene rings is 6. The predicted octanol–water partition coefficient (Wildman–Crippen LogP) is 5.24. The van der Waals surface area contributed by atoms with Crippen molar-refractivity contribution in [3.63, 3.8) is 0 Å². The standard InChI is InChI=1S/C31H22Se3/c1-4-16-25-22(10-1)13-7-19-28(25)32-31(33-29-20-8-14-23-11-2-5-17-26(23)29)34-30-21-9-15-24-12-3-6-18-27(24)30/h1-21,31H. The summed E-state index contributed by atoms with van der Waals surface area (Å²) in [5.41, 5.74) is 0. The molecule has 3 heteroatoms. The van der Waals surface area contributed by atoms with E-state index in [9.17, 15) is 0 Å². The molecule has 0 nitrogen and oxygen atoms in total. The third kappa shape index (κ3) is 4.61. The third-order valence-corrected chi connectivity index (χ3v) is 17.3. The summed E-state index contributed by atoms with van der Waals surface area (Å²) in [6, 6.07) is 47.2. The van der Waals surface area contributed by atoms with Gasteiger partial charge in [-0.05, 0) is 0 Å². The molecule has 0 N–H and O–H groups in total. The number of fused-ring (bicyclic) bond motifs is 3. The second kappa shape index (κ2) is 10.1. The molecular formula is C31H22Se3. The van der Waals surface area contributed by atoms with Crippen LogP contribution in [-0.2, 0) is 0 Å². The van der Waals surface area contributed by atoms with Gasteiger partial charge in [-0.2, -0.15) is 0 Å². The number of hydrogen-bond donors (Lipinski definition) is 0. The van der Waals surface area contributed by atoms with Gasteiger partial charge in [-0.25, -0.2) is 0 Å².